The minimum Gasteiger partial charge on any atom is -0.373 e. The van der Waals surface area contributed by atoms with Crippen molar-refractivity contribution in [2.75, 3.05) is 26.7 Å². The van der Waals surface area contributed by atoms with Crippen LogP contribution in [0.3, 0.4) is 0 Å². The average Bonchev–Trinajstić information content (AvgIpc) is 3.14. The lowest BCUT2D eigenvalue weighted by molar-refractivity contribution is -0.130. The topological polar surface area (TPSA) is 66.0 Å². The second-order valence-corrected chi connectivity index (χ2v) is 6.23. The van der Waals surface area contributed by atoms with Gasteiger partial charge >= 0.3 is 0 Å². The van der Waals surface area contributed by atoms with Crippen molar-refractivity contribution < 1.29 is 9.53 Å². The number of likely N-dealkylation sites (tertiary alicyclic amines) is 1. The summed E-state index contributed by atoms with van der Waals surface area (Å²) < 4.78 is 5.83. The first-order chi connectivity index (χ1) is 10.3. The molecule has 0 aliphatic carbocycles. The molecule has 0 aromatic rings. The molecule has 3 saturated heterocycles. The first-order valence-corrected chi connectivity index (χ1v) is 8.16. The molecule has 3 fully saturated rings. The first-order valence-electron chi connectivity index (χ1n) is 8.16. The first kappa shape index (κ1) is 17.8. The molecule has 3 aliphatic rings. The van der Waals surface area contributed by atoms with Crippen LogP contribution in [0, 0.1) is 0 Å². The Bertz CT molecular complexity index is 412. The van der Waals surface area contributed by atoms with Crippen LogP contribution in [0.4, 0.5) is 0 Å². The summed E-state index contributed by atoms with van der Waals surface area (Å²) in [6.07, 6.45) is 7.58. The molecule has 0 saturated carbocycles. The number of rotatable bonds is 3. The van der Waals surface area contributed by atoms with E-state index in [1.807, 2.05) is 4.90 Å². The Morgan fingerprint density at radius 3 is 2.64 bits per heavy atom. The summed E-state index contributed by atoms with van der Waals surface area (Å²) >= 11 is 0. The summed E-state index contributed by atoms with van der Waals surface area (Å²) in [5.41, 5.74) is 0. The van der Waals surface area contributed by atoms with Gasteiger partial charge in [-0.3, -0.25) is 9.79 Å². The fourth-order valence-corrected chi connectivity index (χ4v) is 3.57. The van der Waals surface area contributed by atoms with Crippen molar-refractivity contribution >= 4 is 35.8 Å². The van der Waals surface area contributed by atoms with Crippen molar-refractivity contribution in [1.82, 2.24) is 15.5 Å². The van der Waals surface area contributed by atoms with Crippen LogP contribution in [-0.4, -0.2) is 61.7 Å². The fraction of sp³-hybridized carbons (Fsp3) is 0.867. The highest BCUT2D eigenvalue weighted by Crippen LogP contribution is 2.34. The van der Waals surface area contributed by atoms with Crippen LogP contribution >= 0.6 is 24.0 Å². The maximum absolute atomic E-state index is 12.1. The number of piperidine rings is 1. The van der Waals surface area contributed by atoms with Crippen LogP contribution in [0.15, 0.2) is 4.99 Å². The summed E-state index contributed by atoms with van der Waals surface area (Å²) in [6.45, 7) is 2.11. The number of nitrogens with one attached hydrogen (secondary N) is 2. The molecule has 7 heteroatoms. The third-order valence-electron chi connectivity index (χ3n) is 4.77. The molecule has 0 spiro atoms. The Labute approximate surface area is 149 Å². The molecule has 0 aromatic heterocycles. The molecule has 126 valence electrons. The predicted molar refractivity (Wildman–Crippen MR) is 96.6 cm³/mol. The second kappa shape index (κ2) is 8.33. The summed E-state index contributed by atoms with van der Waals surface area (Å²) in [5, 5.41) is 6.54. The Balaban J connectivity index is 0.00000176. The van der Waals surface area contributed by atoms with Gasteiger partial charge in [0.05, 0.1) is 24.8 Å². The Hall–Kier alpha value is -0.570. The van der Waals surface area contributed by atoms with Crippen LogP contribution in [0.25, 0.3) is 0 Å². The van der Waals surface area contributed by atoms with E-state index in [1.165, 1.54) is 12.8 Å². The molecule has 3 aliphatic heterocycles. The van der Waals surface area contributed by atoms with E-state index >= 15 is 0 Å². The van der Waals surface area contributed by atoms with Crippen LogP contribution in [0.5, 0.6) is 0 Å². The van der Waals surface area contributed by atoms with Gasteiger partial charge in [0, 0.05) is 20.1 Å². The van der Waals surface area contributed by atoms with Gasteiger partial charge in [-0.15, -0.1) is 24.0 Å². The molecule has 2 N–H and O–H groups in total. The van der Waals surface area contributed by atoms with Crippen molar-refractivity contribution in [3.8, 4) is 0 Å². The molecule has 3 unspecified atom stereocenters. The SMILES string of the molecule is CN=C(NCC(=O)N1CCCCC1)NC1CC2CCC1O2.I. The Morgan fingerprint density at radius 2 is 2.05 bits per heavy atom. The van der Waals surface area contributed by atoms with Gasteiger partial charge in [-0.1, -0.05) is 0 Å². The number of nitrogens with zero attached hydrogens (tertiary/aromatic N) is 2. The lowest BCUT2D eigenvalue weighted by Gasteiger charge is -2.27. The number of hydrogen-bond acceptors (Lipinski definition) is 3. The quantitative estimate of drug-likeness (QED) is 0.406. The second-order valence-electron chi connectivity index (χ2n) is 6.23. The zero-order valence-corrected chi connectivity index (χ0v) is 15.5. The molecule has 2 bridgehead atoms. The Morgan fingerprint density at radius 1 is 1.27 bits per heavy atom. The van der Waals surface area contributed by atoms with Gasteiger partial charge in [-0.05, 0) is 38.5 Å². The van der Waals surface area contributed by atoms with Gasteiger partial charge in [0.2, 0.25) is 5.91 Å². The van der Waals surface area contributed by atoms with Crippen molar-refractivity contribution in [2.45, 2.75) is 56.8 Å². The average molecular weight is 422 g/mol. The summed E-state index contributed by atoms with van der Waals surface area (Å²) in [7, 11) is 1.74. The van der Waals surface area contributed by atoms with Crippen LogP contribution in [0.1, 0.15) is 38.5 Å². The molecule has 3 rings (SSSR count). The number of carbonyl (C=O) groups is 1. The van der Waals surface area contributed by atoms with Gasteiger partial charge in [0.25, 0.3) is 0 Å². The van der Waals surface area contributed by atoms with E-state index in [1.54, 1.807) is 7.05 Å². The van der Waals surface area contributed by atoms with Crippen molar-refractivity contribution in [3.63, 3.8) is 0 Å². The lowest BCUT2D eigenvalue weighted by atomic mass is 9.96. The van der Waals surface area contributed by atoms with Gasteiger partial charge < -0.3 is 20.3 Å². The molecule has 0 aromatic carbocycles. The Kier molecular flexibility index (Phi) is 6.73. The number of aliphatic imine (C=N–C) groups is 1. The normalized spacial score (nSPS) is 30.9. The number of halogens is 1. The maximum Gasteiger partial charge on any atom is 0.241 e. The van der Waals surface area contributed by atoms with E-state index in [-0.39, 0.29) is 29.9 Å². The van der Waals surface area contributed by atoms with Crippen molar-refractivity contribution in [1.29, 1.82) is 0 Å². The van der Waals surface area contributed by atoms with E-state index in [0.717, 1.165) is 38.8 Å². The van der Waals surface area contributed by atoms with E-state index in [0.29, 0.717) is 30.8 Å². The lowest BCUT2D eigenvalue weighted by Crippen LogP contribution is -2.50. The number of hydrogen-bond donors (Lipinski definition) is 2. The summed E-state index contributed by atoms with van der Waals surface area (Å²) in [6, 6.07) is 0.333. The minimum absolute atomic E-state index is 0. The highest BCUT2D eigenvalue weighted by molar-refractivity contribution is 14.0. The zero-order valence-electron chi connectivity index (χ0n) is 13.2. The number of fused-ring (bicyclic) bond motifs is 2. The highest BCUT2D eigenvalue weighted by atomic mass is 127. The monoisotopic (exact) mass is 422 g/mol. The third kappa shape index (κ3) is 4.24. The van der Waals surface area contributed by atoms with Gasteiger partial charge in [0.15, 0.2) is 5.96 Å². The largest absolute Gasteiger partial charge is 0.373 e. The molecular weight excluding hydrogens is 395 g/mol. The van der Waals surface area contributed by atoms with E-state index in [9.17, 15) is 4.79 Å². The van der Waals surface area contributed by atoms with Gasteiger partial charge in [-0.25, -0.2) is 0 Å². The van der Waals surface area contributed by atoms with E-state index in [2.05, 4.69) is 15.6 Å². The minimum atomic E-state index is 0. The van der Waals surface area contributed by atoms with Crippen LogP contribution in [0.2, 0.25) is 0 Å². The van der Waals surface area contributed by atoms with Crippen LogP contribution < -0.4 is 10.6 Å². The summed E-state index contributed by atoms with van der Waals surface area (Å²) in [4.78, 5) is 18.3. The van der Waals surface area contributed by atoms with Gasteiger partial charge in [-0.2, -0.15) is 0 Å². The van der Waals surface area contributed by atoms with Crippen molar-refractivity contribution in [3.05, 3.63) is 0 Å². The molecule has 3 atom stereocenters. The van der Waals surface area contributed by atoms with E-state index < -0.39 is 0 Å². The highest BCUT2D eigenvalue weighted by Gasteiger charge is 2.41. The standard InChI is InChI=1S/C15H26N4O2.HI/c1-16-15(18-12-9-11-5-6-13(12)21-11)17-10-14(20)19-7-3-2-4-8-19;/h11-13H,2-10H2,1H3,(H2,16,17,18);1H. The number of carbonyl (C=O) groups excluding carboxylic acids is 1. The molecule has 6 nitrogen and oxygen atoms in total. The molecule has 22 heavy (non-hydrogen) atoms. The fourth-order valence-electron chi connectivity index (χ4n) is 3.57. The molecular formula is C15H27IN4O2. The van der Waals surface area contributed by atoms with Crippen LogP contribution in [-0.2, 0) is 9.53 Å². The molecule has 3 heterocycles. The zero-order chi connectivity index (χ0) is 14.7. The van der Waals surface area contributed by atoms with Gasteiger partial charge in [0.1, 0.15) is 0 Å². The number of amides is 1. The summed E-state index contributed by atoms with van der Waals surface area (Å²) in [5.74, 6) is 0.878. The maximum atomic E-state index is 12.1. The molecule has 1 amide bonds. The third-order valence-corrected chi connectivity index (χ3v) is 4.77. The predicted octanol–water partition coefficient (Wildman–Crippen LogP) is 1.10. The number of guanidine groups is 1. The smallest absolute Gasteiger partial charge is 0.241 e. The number of ether oxygens (including phenoxy) is 1. The van der Waals surface area contributed by atoms with E-state index in [4.69, 9.17) is 4.74 Å². The van der Waals surface area contributed by atoms with Crippen molar-refractivity contribution in [2.24, 2.45) is 4.99 Å². The molecule has 0 radical (unpaired) electrons.